The molecule has 2 aromatic heterocycles. The van der Waals surface area contributed by atoms with Gasteiger partial charge in [0.15, 0.2) is 10.3 Å². The number of likely N-dealkylation sites (tertiary alicyclic amines) is 2. The molecule has 2 N–H and O–H groups in total. The molecule has 4 heterocycles. The zero-order chi connectivity index (χ0) is 32.5. The molecule has 2 aliphatic rings. The Labute approximate surface area is 281 Å². The highest BCUT2D eigenvalue weighted by atomic mass is 32.1. The average molecular weight is 659 g/mol. The highest BCUT2D eigenvalue weighted by Gasteiger charge is 2.26. The molecular formula is C36H46N6O2S2. The first-order chi connectivity index (χ1) is 22.2. The second-order valence-corrected chi connectivity index (χ2v) is 14.5. The van der Waals surface area contributed by atoms with Crippen LogP contribution in [0, 0.1) is 6.92 Å². The van der Waals surface area contributed by atoms with Gasteiger partial charge >= 0.3 is 0 Å². The van der Waals surface area contributed by atoms with Crippen LogP contribution < -0.4 is 10.6 Å². The van der Waals surface area contributed by atoms with Crippen molar-refractivity contribution in [2.45, 2.75) is 77.8 Å². The van der Waals surface area contributed by atoms with Crippen molar-refractivity contribution in [3.63, 3.8) is 0 Å². The van der Waals surface area contributed by atoms with E-state index in [2.05, 4.69) is 98.8 Å². The molecule has 2 saturated heterocycles. The Balaban J connectivity index is 0.000000181. The van der Waals surface area contributed by atoms with Gasteiger partial charge in [0.05, 0.1) is 0 Å². The molecule has 6 rings (SSSR count). The van der Waals surface area contributed by atoms with Crippen molar-refractivity contribution >= 4 is 44.8 Å². The van der Waals surface area contributed by atoms with Crippen LogP contribution >= 0.6 is 22.7 Å². The van der Waals surface area contributed by atoms with E-state index in [1.54, 1.807) is 22.7 Å². The quantitative estimate of drug-likeness (QED) is 0.201. The standard InChI is InChI=1S/2C18H23N3OS/c1-13-5-3-4-6-17(13)15-7-9-21(10-8-15)12-16-11-19-18(23-16)20-14(2)22;1-13(17-12-19-18(23-17)20-14(2)22)21-10-8-16(9-11-21)15-6-4-3-5-7-15/h3-6,11,15H,7-10,12H2,1-2H3,(H,19,20,22);3-7,12-13,16H,8-11H2,1-2H3,(H,19,20,22). The Kier molecular flexibility index (Phi) is 12.1. The molecular weight excluding hydrogens is 613 g/mol. The van der Waals surface area contributed by atoms with Crippen LogP contribution in [0.4, 0.5) is 10.3 Å². The number of hydrogen-bond acceptors (Lipinski definition) is 8. The first kappa shape index (κ1) is 33.9. The average Bonchev–Trinajstić information content (AvgIpc) is 3.71. The third-order valence-corrected chi connectivity index (χ3v) is 11.0. The molecule has 2 aliphatic heterocycles. The molecule has 0 spiro atoms. The number of thiazole rings is 2. The van der Waals surface area contributed by atoms with Gasteiger partial charge in [-0.05, 0) is 94.2 Å². The summed E-state index contributed by atoms with van der Waals surface area (Å²) in [5, 5.41) is 6.90. The van der Waals surface area contributed by atoms with Crippen molar-refractivity contribution in [1.29, 1.82) is 0 Å². The lowest BCUT2D eigenvalue weighted by atomic mass is 9.87. The molecule has 4 aromatic rings. The number of aromatic nitrogens is 2. The minimum atomic E-state index is -0.0674. The highest BCUT2D eigenvalue weighted by molar-refractivity contribution is 7.16. The Morgan fingerprint density at radius 2 is 1.39 bits per heavy atom. The third kappa shape index (κ3) is 9.54. The van der Waals surface area contributed by atoms with Gasteiger partial charge in [-0.2, -0.15) is 0 Å². The summed E-state index contributed by atoms with van der Waals surface area (Å²) in [6.07, 6.45) is 8.59. The van der Waals surface area contributed by atoms with Gasteiger partial charge < -0.3 is 10.6 Å². The fourth-order valence-corrected chi connectivity index (χ4v) is 8.32. The summed E-state index contributed by atoms with van der Waals surface area (Å²) < 4.78 is 0. The molecule has 0 bridgehead atoms. The van der Waals surface area contributed by atoms with E-state index < -0.39 is 0 Å². The van der Waals surface area contributed by atoms with E-state index in [1.165, 1.54) is 66.0 Å². The van der Waals surface area contributed by atoms with Gasteiger partial charge in [0, 0.05) is 48.6 Å². The Hall–Kier alpha value is -3.44. The summed E-state index contributed by atoms with van der Waals surface area (Å²) >= 11 is 3.15. The van der Waals surface area contributed by atoms with Gasteiger partial charge in [0.1, 0.15) is 0 Å². The van der Waals surface area contributed by atoms with Gasteiger partial charge in [0.2, 0.25) is 11.8 Å². The van der Waals surface area contributed by atoms with Gasteiger partial charge in [-0.25, -0.2) is 9.97 Å². The maximum Gasteiger partial charge on any atom is 0.223 e. The van der Waals surface area contributed by atoms with Crippen molar-refractivity contribution < 1.29 is 9.59 Å². The zero-order valence-electron chi connectivity index (χ0n) is 27.4. The number of carbonyl (C=O) groups excluding carboxylic acids is 2. The number of aryl methyl sites for hydroxylation is 1. The molecule has 0 radical (unpaired) electrons. The maximum absolute atomic E-state index is 11.1. The van der Waals surface area contributed by atoms with Crippen molar-refractivity contribution in [2.75, 3.05) is 36.8 Å². The highest BCUT2D eigenvalue weighted by Crippen LogP contribution is 2.35. The van der Waals surface area contributed by atoms with Crippen LogP contribution in [0.15, 0.2) is 67.0 Å². The first-order valence-corrected chi connectivity index (χ1v) is 17.9. The number of nitrogens with zero attached hydrogens (tertiary/aromatic N) is 4. The van der Waals surface area contributed by atoms with E-state index in [-0.39, 0.29) is 11.8 Å². The number of nitrogens with one attached hydrogen (secondary N) is 2. The predicted octanol–water partition coefficient (Wildman–Crippen LogP) is 7.83. The SMILES string of the molecule is CC(=O)Nc1ncc(C(C)N2CCC(c3ccccc3)CC2)s1.CC(=O)Nc1ncc(CN2CCC(c3ccccc3C)CC2)s1. The number of amides is 2. The van der Waals surface area contributed by atoms with E-state index in [0.717, 1.165) is 32.7 Å². The zero-order valence-corrected chi connectivity index (χ0v) is 29.0. The molecule has 2 amide bonds. The molecule has 2 fully saturated rings. The van der Waals surface area contributed by atoms with Crippen molar-refractivity contribution in [1.82, 2.24) is 19.8 Å². The predicted molar refractivity (Wildman–Crippen MR) is 190 cm³/mol. The van der Waals surface area contributed by atoms with Crippen LogP contribution in [0.2, 0.25) is 0 Å². The number of hydrogen-bond donors (Lipinski definition) is 2. The normalized spacial score (nSPS) is 17.1. The van der Waals surface area contributed by atoms with Crippen LogP contribution in [-0.4, -0.2) is 57.8 Å². The molecule has 1 unspecified atom stereocenters. The largest absolute Gasteiger partial charge is 0.302 e. The lowest BCUT2D eigenvalue weighted by Gasteiger charge is -2.35. The van der Waals surface area contributed by atoms with E-state index in [1.807, 2.05) is 12.4 Å². The fourth-order valence-electron chi connectivity index (χ4n) is 6.47. The van der Waals surface area contributed by atoms with Gasteiger partial charge in [0.25, 0.3) is 0 Å². The molecule has 244 valence electrons. The van der Waals surface area contributed by atoms with E-state index in [0.29, 0.717) is 28.1 Å². The number of piperidine rings is 2. The Bertz CT molecular complexity index is 1560. The maximum atomic E-state index is 11.1. The number of anilines is 2. The molecule has 0 saturated carbocycles. The van der Waals surface area contributed by atoms with Gasteiger partial charge in [-0.3, -0.25) is 19.4 Å². The Morgan fingerprint density at radius 1 is 0.804 bits per heavy atom. The molecule has 10 heteroatoms. The summed E-state index contributed by atoms with van der Waals surface area (Å²) in [7, 11) is 0. The number of carbonyl (C=O) groups is 2. The lowest BCUT2D eigenvalue weighted by Crippen LogP contribution is -2.34. The summed E-state index contributed by atoms with van der Waals surface area (Å²) in [4.78, 5) is 38.1. The second kappa shape index (κ2) is 16.4. The lowest BCUT2D eigenvalue weighted by molar-refractivity contribution is -0.115. The van der Waals surface area contributed by atoms with Crippen LogP contribution in [-0.2, 0) is 16.1 Å². The topological polar surface area (TPSA) is 90.5 Å². The monoisotopic (exact) mass is 658 g/mol. The molecule has 0 aliphatic carbocycles. The van der Waals surface area contributed by atoms with Gasteiger partial charge in [-0.1, -0.05) is 54.6 Å². The molecule has 2 aromatic carbocycles. The second-order valence-electron chi connectivity index (χ2n) is 12.4. The van der Waals surface area contributed by atoms with E-state index in [9.17, 15) is 9.59 Å². The smallest absolute Gasteiger partial charge is 0.223 e. The van der Waals surface area contributed by atoms with Crippen LogP contribution in [0.5, 0.6) is 0 Å². The molecule has 46 heavy (non-hydrogen) atoms. The van der Waals surface area contributed by atoms with Crippen LogP contribution in [0.3, 0.4) is 0 Å². The summed E-state index contributed by atoms with van der Waals surface area (Å²) in [6.45, 7) is 12.8. The van der Waals surface area contributed by atoms with Gasteiger partial charge in [-0.15, -0.1) is 22.7 Å². The van der Waals surface area contributed by atoms with Crippen molar-refractivity contribution in [2.24, 2.45) is 0 Å². The molecule has 1 atom stereocenters. The number of rotatable bonds is 8. The minimum Gasteiger partial charge on any atom is -0.302 e. The van der Waals surface area contributed by atoms with Crippen molar-refractivity contribution in [3.8, 4) is 0 Å². The Morgan fingerprint density at radius 3 is 2.04 bits per heavy atom. The molecule has 8 nitrogen and oxygen atoms in total. The van der Waals surface area contributed by atoms with E-state index >= 15 is 0 Å². The summed E-state index contributed by atoms with van der Waals surface area (Å²) in [5.41, 5.74) is 4.39. The minimum absolute atomic E-state index is 0.0649. The van der Waals surface area contributed by atoms with Crippen LogP contribution in [0.1, 0.15) is 90.8 Å². The first-order valence-electron chi connectivity index (χ1n) is 16.3. The number of benzene rings is 2. The van der Waals surface area contributed by atoms with E-state index in [4.69, 9.17) is 0 Å². The third-order valence-electron chi connectivity index (χ3n) is 9.00. The van der Waals surface area contributed by atoms with Crippen LogP contribution in [0.25, 0.3) is 0 Å². The van der Waals surface area contributed by atoms with Crippen molar-refractivity contribution in [3.05, 3.63) is 93.4 Å². The summed E-state index contributed by atoms with van der Waals surface area (Å²) in [5.74, 6) is 1.23. The summed E-state index contributed by atoms with van der Waals surface area (Å²) in [6, 6.07) is 19.9. The fraction of sp³-hybridized carbons (Fsp3) is 0.444.